The molecule has 0 aromatic carbocycles. The van der Waals surface area contributed by atoms with E-state index in [0.29, 0.717) is 5.92 Å². The first-order chi connectivity index (χ1) is 4.13. The molecule has 1 aliphatic carbocycles. The minimum absolute atomic E-state index is 0.363. The second-order valence-electron chi connectivity index (χ2n) is 3.50. The summed E-state index contributed by atoms with van der Waals surface area (Å²) in [4.78, 5) is 0. The summed E-state index contributed by atoms with van der Waals surface area (Å²) in [5.74, 6) is 0.506. The topological polar surface area (TPSA) is 22.3 Å². The highest BCUT2D eigenvalue weighted by Gasteiger charge is 2.30. The van der Waals surface area contributed by atoms with Crippen LogP contribution < -0.4 is 5.73 Å². The average molecular weight is 125 g/mol. The molecular formula is C8H15N. The Hall–Kier alpha value is -0.0400. The SMILES string of the molecule is CC1CCCCC1(C)[N]. The van der Waals surface area contributed by atoms with E-state index in [4.69, 9.17) is 0 Å². The Labute approximate surface area is 57.6 Å². The van der Waals surface area contributed by atoms with Crippen LogP contribution in [-0.2, 0) is 0 Å². The van der Waals surface area contributed by atoms with Gasteiger partial charge in [0.15, 0.2) is 0 Å². The molecule has 9 heavy (non-hydrogen) atoms. The highest BCUT2D eigenvalue weighted by Crippen LogP contribution is 2.31. The van der Waals surface area contributed by atoms with Crippen molar-refractivity contribution in [3.8, 4) is 0 Å². The summed E-state index contributed by atoms with van der Waals surface area (Å²) in [6.45, 7) is 4.09. The van der Waals surface area contributed by atoms with Crippen LogP contribution in [0.3, 0.4) is 0 Å². The van der Waals surface area contributed by atoms with E-state index in [-0.39, 0.29) is 5.54 Å². The number of rotatable bonds is 0. The maximum atomic E-state index is 9.64. The number of nitrogens with zero attached hydrogens (tertiary/aromatic N) is 1. The molecule has 52 valence electrons. The lowest BCUT2D eigenvalue weighted by molar-refractivity contribution is 0.217. The molecule has 0 bridgehead atoms. The van der Waals surface area contributed by atoms with E-state index in [1.165, 1.54) is 19.3 Å². The average Bonchev–Trinajstić information content (AvgIpc) is 1.77. The molecule has 0 saturated heterocycles. The van der Waals surface area contributed by atoms with Crippen LogP contribution in [0, 0.1) is 5.92 Å². The van der Waals surface area contributed by atoms with Gasteiger partial charge >= 0.3 is 0 Å². The van der Waals surface area contributed by atoms with Crippen LogP contribution in [0.15, 0.2) is 0 Å². The van der Waals surface area contributed by atoms with E-state index < -0.39 is 0 Å². The Morgan fingerprint density at radius 1 is 1.44 bits per heavy atom. The van der Waals surface area contributed by atoms with Crippen molar-refractivity contribution in [3.63, 3.8) is 0 Å². The first-order valence-corrected chi connectivity index (χ1v) is 3.85. The molecule has 1 nitrogen and oxygen atoms in total. The summed E-state index contributed by atoms with van der Waals surface area (Å²) in [6, 6.07) is 0. The highest BCUT2D eigenvalue weighted by molar-refractivity contribution is 4.86. The standard InChI is InChI=1S/C8H15N/c1-7-5-3-4-6-8(7,2)9/h7H,3-6H2,1-2H3. The van der Waals surface area contributed by atoms with Crippen LogP contribution in [0.4, 0.5) is 0 Å². The van der Waals surface area contributed by atoms with Crippen molar-refractivity contribution in [1.82, 2.24) is 5.73 Å². The van der Waals surface area contributed by atoms with Gasteiger partial charge < -0.3 is 0 Å². The van der Waals surface area contributed by atoms with Gasteiger partial charge in [0.2, 0.25) is 0 Å². The summed E-state index contributed by atoms with van der Waals surface area (Å²) >= 11 is 0. The van der Waals surface area contributed by atoms with Crippen molar-refractivity contribution < 1.29 is 0 Å². The molecule has 0 amide bonds. The molecule has 1 heteroatoms. The molecule has 0 heterocycles. The van der Waals surface area contributed by atoms with Crippen LogP contribution in [0.1, 0.15) is 39.5 Å². The molecule has 0 N–H and O–H groups in total. The monoisotopic (exact) mass is 125 g/mol. The summed E-state index contributed by atoms with van der Waals surface area (Å²) in [5.41, 5.74) is 9.28. The molecule has 0 aromatic heterocycles. The fourth-order valence-corrected chi connectivity index (χ4v) is 1.49. The third-order valence-electron chi connectivity index (χ3n) is 2.63. The van der Waals surface area contributed by atoms with Crippen molar-refractivity contribution in [2.75, 3.05) is 0 Å². The van der Waals surface area contributed by atoms with E-state index >= 15 is 0 Å². The summed E-state index contributed by atoms with van der Waals surface area (Å²) in [7, 11) is 0. The fourth-order valence-electron chi connectivity index (χ4n) is 1.49. The van der Waals surface area contributed by atoms with Gasteiger partial charge in [-0.05, 0) is 25.7 Å². The van der Waals surface area contributed by atoms with Gasteiger partial charge in [-0.3, -0.25) is 0 Å². The molecule has 1 aliphatic rings. The Balaban J connectivity index is 2.49. The van der Waals surface area contributed by atoms with Gasteiger partial charge in [-0.15, -0.1) is 5.73 Å². The van der Waals surface area contributed by atoms with Gasteiger partial charge in [0.1, 0.15) is 0 Å². The van der Waals surface area contributed by atoms with Crippen molar-refractivity contribution in [1.29, 1.82) is 0 Å². The van der Waals surface area contributed by atoms with Gasteiger partial charge in [-0.1, -0.05) is 19.8 Å². The Kier molecular flexibility index (Phi) is 1.80. The van der Waals surface area contributed by atoms with E-state index in [1.807, 2.05) is 6.92 Å². The summed E-state index contributed by atoms with van der Waals surface area (Å²) in [6.07, 6.45) is 4.70. The minimum Gasteiger partial charge on any atom is -0.138 e. The molecule has 0 spiro atoms. The Morgan fingerprint density at radius 2 is 2.11 bits per heavy atom. The zero-order valence-electron chi connectivity index (χ0n) is 6.35. The molecule has 0 aliphatic heterocycles. The maximum absolute atomic E-state index is 9.64. The molecular weight excluding hydrogens is 110 g/mol. The number of hydrogen-bond acceptors (Lipinski definition) is 0. The van der Waals surface area contributed by atoms with Crippen molar-refractivity contribution in [2.24, 2.45) is 5.92 Å². The predicted octanol–water partition coefficient (Wildman–Crippen LogP) is 2.02. The molecule has 1 saturated carbocycles. The van der Waals surface area contributed by atoms with Gasteiger partial charge in [0, 0.05) is 0 Å². The number of hydrogen-bond donors (Lipinski definition) is 0. The molecule has 0 aromatic rings. The molecule has 1 fully saturated rings. The van der Waals surface area contributed by atoms with E-state index in [9.17, 15) is 5.73 Å². The molecule has 2 unspecified atom stereocenters. The Morgan fingerprint density at radius 3 is 2.44 bits per heavy atom. The lowest BCUT2D eigenvalue weighted by Crippen LogP contribution is -2.37. The van der Waals surface area contributed by atoms with Crippen LogP contribution in [0.25, 0.3) is 0 Å². The van der Waals surface area contributed by atoms with Crippen molar-refractivity contribution in [2.45, 2.75) is 45.1 Å². The first-order valence-electron chi connectivity index (χ1n) is 3.85. The lowest BCUT2D eigenvalue weighted by atomic mass is 9.76. The second-order valence-corrected chi connectivity index (χ2v) is 3.50. The highest BCUT2D eigenvalue weighted by atomic mass is 14.7. The molecule has 2 radical (unpaired) electrons. The molecule has 1 rings (SSSR count). The van der Waals surface area contributed by atoms with Crippen LogP contribution in [-0.4, -0.2) is 5.54 Å². The van der Waals surface area contributed by atoms with Crippen molar-refractivity contribution in [3.05, 3.63) is 0 Å². The largest absolute Gasteiger partial charge is 0.138 e. The molecule has 2 atom stereocenters. The predicted molar refractivity (Wildman–Crippen MR) is 38.2 cm³/mol. The quantitative estimate of drug-likeness (QED) is 0.472. The lowest BCUT2D eigenvalue weighted by Gasteiger charge is -2.33. The van der Waals surface area contributed by atoms with E-state index in [0.717, 1.165) is 6.42 Å². The van der Waals surface area contributed by atoms with Gasteiger partial charge in [-0.25, -0.2) is 0 Å². The van der Waals surface area contributed by atoms with Crippen LogP contribution >= 0.6 is 0 Å². The van der Waals surface area contributed by atoms with E-state index in [2.05, 4.69) is 6.92 Å². The third kappa shape index (κ3) is 1.45. The minimum atomic E-state index is -0.363. The third-order valence-corrected chi connectivity index (χ3v) is 2.63. The van der Waals surface area contributed by atoms with Gasteiger partial charge in [0.25, 0.3) is 0 Å². The first kappa shape index (κ1) is 7.07. The van der Waals surface area contributed by atoms with Crippen molar-refractivity contribution >= 4 is 0 Å². The maximum Gasteiger partial charge on any atom is 0.0541 e. The Bertz CT molecular complexity index is 96.7. The smallest absolute Gasteiger partial charge is 0.0541 e. The van der Waals surface area contributed by atoms with Gasteiger partial charge in [0.05, 0.1) is 5.54 Å². The zero-order valence-corrected chi connectivity index (χ0v) is 6.35. The summed E-state index contributed by atoms with van der Waals surface area (Å²) in [5, 5.41) is 0. The second kappa shape index (κ2) is 2.30. The van der Waals surface area contributed by atoms with Crippen LogP contribution in [0.2, 0.25) is 0 Å². The normalized spacial score (nSPS) is 45.0. The van der Waals surface area contributed by atoms with Gasteiger partial charge in [-0.2, -0.15) is 0 Å². The zero-order chi connectivity index (χ0) is 6.91. The summed E-state index contributed by atoms with van der Waals surface area (Å²) < 4.78 is 0. The van der Waals surface area contributed by atoms with E-state index in [1.54, 1.807) is 0 Å². The van der Waals surface area contributed by atoms with Crippen LogP contribution in [0.5, 0.6) is 0 Å². The fraction of sp³-hybridized carbons (Fsp3) is 1.00.